The first-order valence-electron chi connectivity index (χ1n) is 10.8. The molecule has 0 atom stereocenters. The molecule has 6 heteroatoms. The number of para-hydroxylation sites is 4. The van der Waals surface area contributed by atoms with Gasteiger partial charge in [0.05, 0.1) is 34.8 Å². The first kappa shape index (κ1) is 20.8. The van der Waals surface area contributed by atoms with Crippen LogP contribution in [0.4, 0.5) is 11.4 Å². The van der Waals surface area contributed by atoms with E-state index in [1.54, 1.807) is 7.11 Å². The van der Waals surface area contributed by atoms with Gasteiger partial charge in [-0.3, -0.25) is 9.69 Å². The standard InChI is InChI=1S/C26H25N3O2S/c1-31-17-16-28-24-13-7-4-10-21(24)27-26(28)32-18-25(30)29-22-11-5-2-8-19(22)14-15-20-9-3-6-12-23(20)29/h2-13H,14-18H2,1H3. The molecule has 0 aliphatic carbocycles. The maximum absolute atomic E-state index is 13.6. The number of rotatable bonds is 6. The first-order valence-corrected chi connectivity index (χ1v) is 11.8. The zero-order valence-electron chi connectivity index (χ0n) is 18.0. The van der Waals surface area contributed by atoms with Crippen LogP contribution in [0.2, 0.25) is 0 Å². The molecule has 5 nitrogen and oxygen atoms in total. The van der Waals surface area contributed by atoms with Crippen LogP contribution in [-0.4, -0.2) is 34.9 Å². The Morgan fingerprint density at radius 3 is 2.25 bits per heavy atom. The van der Waals surface area contributed by atoms with Crippen LogP contribution < -0.4 is 4.90 Å². The second-order valence-electron chi connectivity index (χ2n) is 7.80. The highest BCUT2D eigenvalue weighted by atomic mass is 32.2. The van der Waals surface area contributed by atoms with Gasteiger partial charge in [-0.1, -0.05) is 60.3 Å². The normalized spacial score (nSPS) is 13.0. The number of benzene rings is 3. The number of methoxy groups -OCH3 is 1. The Labute approximate surface area is 192 Å². The predicted molar refractivity (Wildman–Crippen MR) is 130 cm³/mol. The van der Waals surface area contributed by atoms with Gasteiger partial charge < -0.3 is 9.30 Å². The molecule has 0 spiro atoms. The van der Waals surface area contributed by atoms with Crippen molar-refractivity contribution in [2.24, 2.45) is 0 Å². The van der Waals surface area contributed by atoms with Crippen molar-refractivity contribution in [2.45, 2.75) is 24.5 Å². The Morgan fingerprint density at radius 2 is 1.56 bits per heavy atom. The largest absolute Gasteiger partial charge is 0.383 e. The summed E-state index contributed by atoms with van der Waals surface area (Å²) in [6.07, 6.45) is 1.86. The number of hydrogen-bond acceptors (Lipinski definition) is 4. The summed E-state index contributed by atoms with van der Waals surface area (Å²) >= 11 is 1.49. The Kier molecular flexibility index (Phi) is 5.97. The minimum Gasteiger partial charge on any atom is -0.383 e. The fourth-order valence-electron chi connectivity index (χ4n) is 4.30. The van der Waals surface area contributed by atoms with E-state index in [0.29, 0.717) is 18.9 Å². The number of imidazole rings is 1. The fourth-order valence-corrected chi connectivity index (χ4v) is 5.19. The molecule has 0 saturated heterocycles. The number of nitrogens with zero attached hydrogens (tertiary/aromatic N) is 3. The lowest BCUT2D eigenvalue weighted by molar-refractivity contribution is -0.115. The zero-order chi connectivity index (χ0) is 21.9. The average Bonchev–Trinajstić information content (AvgIpc) is 3.09. The van der Waals surface area contributed by atoms with Crippen molar-refractivity contribution in [3.8, 4) is 0 Å². The van der Waals surface area contributed by atoms with E-state index in [9.17, 15) is 4.79 Å². The average molecular weight is 444 g/mol. The number of fused-ring (bicyclic) bond motifs is 3. The van der Waals surface area contributed by atoms with Crippen LogP contribution in [0.25, 0.3) is 11.0 Å². The molecule has 1 aliphatic rings. The number of thioether (sulfide) groups is 1. The van der Waals surface area contributed by atoms with Gasteiger partial charge in [0.2, 0.25) is 5.91 Å². The molecular weight excluding hydrogens is 418 g/mol. The lowest BCUT2D eigenvalue weighted by Crippen LogP contribution is -2.28. The van der Waals surface area contributed by atoms with Gasteiger partial charge in [0.1, 0.15) is 0 Å². The van der Waals surface area contributed by atoms with E-state index in [0.717, 1.165) is 40.4 Å². The summed E-state index contributed by atoms with van der Waals surface area (Å²) in [7, 11) is 1.70. The summed E-state index contributed by atoms with van der Waals surface area (Å²) < 4.78 is 7.44. The molecule has 0 bridgehead atoms. The topological polar surface area (TPSA) is 47.4 Å². The minimum atomic E-state index is 0.0575. The molecule has 2 heterocycles. The van der Waals surface area contributed by atoms with Gasteiger partial charge in [0, 0.05) is 13.7 Å². The fraction of sp³-hybridized carbons (Fsp3) is 0.231. The molecule has 0 N–H and O–H groups in total. The van der Waals surface area contributed by atoms with Gasteiger partial charge in [-0.15, -0.1) is 0 Å². The third kappa shape index (κ3) is 3.92. The number of carbonyl (C=O) groups is 1. The molecule has 4 aromatic rings. The van der Waals surface area contributed by atoms with Crippen LogP contribution >= 0.6 is 11.8 Å². The SMILES string of the molecule is COCCn1c(SCC(=O)N2c3ccccc3CCc3ccccc32)nc2ccccc21. The van der Waals surface area contributed by atoms with Crippen molar-refractivity contribution in [2.75, 3.05) is 24.4 Å². The zero-order valence-corrected chi connectivity index (χ0v) is 18.8. The molecule has 1 amide bonds. The number of aryl methyl sites for hydroxylation is 2. The van der Waals surface area contributed by atoms with E-state index in [1.165, 1.54) is 22.9 Å². The van der Waals surface area contributed by atoms with Crippen molar-refractivity contribution in [3.05, 3.63) is 83.9 Å². The molecule has 0 unspecified atom stereocenters. The second kappa shape index (κ2) is 9.18. The smallest absolute Gasteiger partial charge is 0.242 e. The third-order valence-electron chi connectivity index (χ3n) is 5.84. The van der Waals surface area contributed by atoms with E-state index in [2.05, 4.69) is 22.8 Å². The first-order chi connectivity index (χ1) is 15.8. The quantitative estimate of drug-likeness (QED) is 0.383. The number of ether oxygens (including phenoxy) is 1. The highest BCUT2D eigenvalue weighted by molar-refractivity contribution is 7.99. The molecule has 3 aromatic carbocycles. The Hall–Kier alpha value is -3.09. The summed E-state index contributed by atoms with van der Waals surface area (Å²) in [5.74, 6) is 0.362. The van der Waals surface area contributed by atoms with Crippen LogP contribution in [0, 0.1) is 0 Å². The number of hydrogen-bond donors (Lipinski definition) is 0. The van der Waals surface area contributed by atoms with Crippen molar-refractivity contribution in [1.29, 1.82) is 0 Å². The lowest BCUT2D eigenvalue weighted by atomic mass is 10.0. The van der Waals surface area contributed by atoms with Gasteiger partial charge in [-0.2, -0.15) is 0 Å². The Balaban J connectivity index is 1.46. The van der Waals surface area contributed by atoms with Gasteiger partial charge >= 0.3 is 0 Å². The molecule has 1 aromatic heterocycles. The summed E-state index contributed by atoms with van der Waals surface area (Å²) in [5.41, 5.74) is 6.37. The molecular formula is C26H25N3O2S. The summed E-state index contributed by atoms with van der Waals surface area (Å²) in [6.45, 7) is 1.29. The molecule has 0 fully saturated rings. The van der Waals surface area contributed by atoms with Crippen molar-refractivity contribution >= 4 is 40.1 Å². The van der Waals surface area contributed by atoms with Crippen LogP contribution in [0.3, 0.4) is 0 Å². The molecule has 162 valence electrons. The van der Waals surface area contributed by atoms with Crippen molar-refractivity contribution in [3.63, 3.8) is 0 Å². The van der Waals surface area contributed by atoms with Crippen LogP contribution in [0.15, 0.2) is 78.0 Å². The lowest BCUT2D eigenvalue weighted by Gasteiger charge is -2.25. The molecule has 5 rings (SSSR count). The molecule has 1 aliphatic heterocycles. The Morgan fingerprint density at radius 1 is 0.938 bits per heavy atom. The van der Waals surface area contributed by atoms with Crippen molar-refractivity contribution in [1.82, 2.24) is 9.55 Å². The predicted octanol–water partition coefficient (Wildman–Crippen LogP) is 5.24. The van der Waals surface area contributed by atoms with E-state index in [-0.39, 0.29) is 5.91 Å². The van der Waals surface area contributed by atoms with E-state index in [1.807, 2.05) is 59.5 Å². The summed E-state index contributed by atoms with van der Waals surface area (Å²) in [6, 6.07) is 24.5. The minimum absolute atomic E-state index is 0.0575. The summed E-state index contributed by atoms with van der Waals surface area (Å²) in [5, 5.41) is 0.841. The van der Waals surface area contributed by atoms with Gasteiger partial charge in [0.15, 0.2) is 5.16 Å². The number of aromatic nitrogens is 2. The summed E-state index contributed by atoms with van der Waals surface area (Å²) in [4.78, 5) is 20.3. The van der Waals surface area contributed by atoms with E-state index in [4.69, 9.17) is 9.72 Å². The van der Waals surface area contributed by atoms with Crippen molar-refractivity contribution < 1.29 is 9.53 Å². The maximum atomic E-state index is 13.6. The second-order valence-corrected chi connectivity index (χ2v) is 8.75. The molecule has 32 heavy (non-hydrogen) atoms. The highest BCUT2D eigenvalue weighted by Gasteiger charge is 2.26. The van der Waals surface area contributed by atoms with Gasteiger partial charge in [-0.25, -0.2) is 4.98 Å². The van der Waals surface area contributed by atoms with Crippen LogP contribution in [-0.2, 0) is 28.9 Å². The highest BCUT2D eigenvalue weighted by Crippen LogP contribution is 2.37. The number of carbonyl (C=O) groups excluding carboxylic acids is 1. The van der Waals surface area contributed by atoms with E-state index < -0.39 is 0 Å². The van der Waals surface area contributed by atoms with Crippen LogP contribution in [0.5, 0.6) is 0 Å². The van der Waals surface area contributed by atoms with Gasteiger partial charge in [-0.05, 0) is 48.2 Å². The molecule has 0 radical (unpaired) electrons. The van der Waals surface area contributed by atoms with Crippen LogP contribution in [0.1, 0.15) is 11.1 Å². The molecule has 0 saturated carbocycles. The number of anilines is 2. The maximum Gasteiger partial charge on any atom is 0.242 e. The monoisotopic (exact) mass is 443 g/mol. The Bertz CT molecular complexity index is 1220. The third-order valence-corrected chi connectivity index (χ3v) is 6.80. The number of amides is 1. The van der Waals surface area contributed by atoms with E-state index >= 15 is 0 Å². The van der Waals surface area contributed by atoms with Gasteiger partial charge in [0.25, 0.3) is 0 Å².